The summed E-state index contributed by atoms with van der Waals surface area (Å²) in [5.41, 5.74) is 1.54. The average Bonchev–Trinajstić information content (AvgIpc) is 3.15. The number of piperazine rings is 1. The Kier molecular flexibility index (Phi) is 5.51. The summed E-state index contributed by atoms with van der Waals surface area (Å²) in [5.74, 6) is -0.272. The lowest BCUT2D eigenvalue weighted by Gasteiger charge is -2.36. The topological polar surface area (TPSA) is 85.0 Å². The van der Waals surface area contributed by atoms with Crippen molar-refractivity contribution < 1.29 is 14.4 Å². The van der Waals surface area contributed by atoms with Crippen LogP contribution in [0.3, 0.4) is 0 Å². The van der Waals surface area contributed by atoms with Gasteiger partial charge in [-0.1, -0.05) is 32.0 Å². The van der Waals surface area contributed by atoms with Crippen molar-refractivity contribution in [3.8, 4) is 0 Å². The summed E-state index contributed by atoms with van der Waals surface area (Å²) in [4.78, 5) is 43.9. The molecule has 2 fully saturated rings. The van der Waals surface area contributed by atoms with E-state index in [2.05, 4.69) is 27.1 Å². The molecule has 0 spiro atoms. The highest BCUT2D eigenvalue weighted by Gasteiger charge is 2.45. The molecule has 0 saturated carbocycles. The van der Waals surface area contributed by atoms with Crippen molar-refractivity contribution in [2.24, 2.45) is 5.92 Å². The van der Waals surface area contributed by atoms with Gasteiger partial charge in [-0.05, 0) is 30.0 Å². The smallest absolute Gasteiger partial charge is 0.328 e. The number of benzene rings is 1. The molecule has 1 unspecified atom stereocenters. The largest absolute Gasteiger partial charge is 0.368 e. The number of urea groups is 1. The number of para-hydroxylation sites is 1. The first-order chi connectivity index (χ1) is 14.0. The number of fused-ring (bicyclic) bond motifs is 1. The number of imide groups is 1. The van der Waals surface area contributed by atoms with Crippen LogP contribution < -0.4 is 14.9 Å². The number of hydrogen-bond donors (Lipinski definition) is 2. The van der Waals surface area contributed by atoms with Crippen LogP contribution in [0.2, 0.25) is 0 Å². The molecule has 4 rings (SSSR count). The molecule has 29 heavy (non-hydrogen) atoms. The van der Waals surface area contributed by atoms with Crippen LogP contribution in [-0.4, -0.2) is 66.4 Å². The Morgan fingerprint density at radius 1 is 1.14 bits per heavy atom. The maximum absolute atomic E-state index is 13.1. The number of anilines is 1. The first-order valence-electron chi connectivity index (χ1n) is 9.84. The predicted octanol–water partition coefficient (Wildman–Crippen LogP) is 1.37. The second kappa shape index (κ2) is 8.08. The van der Waals surface area contributed by atoms with Crippen LogP contribution in [-0.2, 0) is 9.59 Å². The molecular weight excluding hydrogens is 390 g/mol. The zero-order valence-electron chi connectivity index (χ0n) is 16.6. The number of carbonyl (C=O) groups excluding carboxylic acids is 3. The van der Waals surface area contributed by atoms with Crippen molar-refractivity contribution >= 4 is 35.5 Å². The van der Waals surface area contributed by atoms with Gasteiger partial charge in [0.05, 0.1) is 5.70 Å². The van der Waals surface area contributed by atoms with E-state index in [1.807, 2.05) is 32.0 Å². The van der Waals surface area contributed by atoms with Gasteiger partial charge < -0.3 is 15.1 Å². The Morgan fingerprint density at radius 2 is 1.83 bits per heavy atom. The Labute approximate surface area is 174 Å². The number of rotatable bonds is 4. The van der Waals surface area contributed by atoms with Crippen molar-refractivity contribution in [3.63, 3.8) is 0 Å². The van der Waals surface area contributed by atoms with Crippen LogP contribution in [0, 0.1) is 5.92 Å². The third kappa shape index (κ3) is 3.84. The quantitative estimate of drug-likeness (QED) is 0.723. The molecule has 1 atom stereocenters. The predicted molar refractivity (Wildman–Crippen MR) is 112 cm³/mol. The fourth-order valence-corrected chi connectivity index (χ4v) is 4.70. The Balaban J connectivity index is 1.45. The highest BCUT2D eigenvalue weighted by Crippen LogP contribution is 2.32. The monoisotopic (exact) mass is 415 g/mol. The van der Waals surface area contributed by atoms with Gasteiger partial charge in [-0.2, -0.15) is 0 Å². The SMILES string of the molecule is CC(C)CN1C(=O)NC2=C(C(=O)N3CCN(c4ccccc4)CC3)SNC2C1=O. The van der Waals surface area contributed by atoms with E-state index in [4.69, 9.17) is 0 Å². The number of nitrogens with one attached hydrogen (secondary N) is 2. The van der Waals surface area contributed by atoms with Gasteiger partial charge >= 0.3 is 6.03 Å². The van der Waals surface area contributed by atoms with Crippen molar-refractivity contribution in [1.82, 2.24) is 19.8 Å². The van der Waals surface area contributed by atoms with Crippen molar-refractivity contribution in [1.29, 1.82) is 0 Å². The van der Waals surface area contributed by atoms with Gasteiger partial charge in [0.25, 0.3) is 11.8 Å². The number of amides is 4. The summed E-state index contributed by atoms with van der Waals surface area (Å²) in [6, 6.07) is 8.99. The van der Waals surface area contributed by atoms with E-state index in [-0.39, 0.29) is 17.7 Å². The molecular formula is C20H25N5O3S. The van der Waals surface area contributed by atoms with Gasteiger partial charge in [-0.15, -0.1) is 0 Å². The average molecular weight is 416 g/mol. The van der Waals surface area contributed by atoms with E-state index in [1.54, 1.807) is 4.90 Å². The molecule has 154 valence electrons. The van der Waals surface area contributed by atoms with E-state index in [0.29, 0.717) is 30.2 Å². The van der Waals surface area contributed by atoms with E-state index in [1.165, 1.54) is 4.90 Å². The molecule has 0 aliphatic carbocycles. The van der Waals surface area contributed by atoms with Crippen LogP contribution in [0.15, 0.2) is 40.9 Å². The minimum atomic E-state index is -0.680. The van der Waals surface area contributed by atoms with Crippen molar-refractivity contribution in [2.75, 3.05) is 37.6 Å². The molecule has 3 heterocycles. The molecule has 0 aromatic heterocycles. The minimum absolute atomic E-state index is 0.141. The first-order valence-corrected chi connectivity index (χ1v) is 10.7. The normalized spacial score (nSPS) is 22.3. The molecule has 2 N–H and O–H groups in total. The van der Waals surface area contributed by atoms with Gasteiger partial charge in [-0.25, -0.2) is 9.52 Å². The summed E-state index contributed by atoms with van der Waals surface area (Å²) < 4.78 is 3.02. The molecule has 4 amide bonds. The molecule has 9 heteroatoms. The summed E-state index contributed by atoms with van der Waals surface area (Å²) in [7, 11) is 0. The molecule has 1 aromatic rings. The van der Waals surface area contributed by atoms with Gasteiger partial charge in [-0.3, -0.25) is 14.5 Å². The molecule has 8 nitrogen and oxygen atoms in total. The third-order valence-electron chi connectivity index (χ3n) is 5.24. The van der Waals surface area contributed by atoms with E-state index in [9.17, 15) is 14.4 Å². The lowest BCUT2D eigenvalue weighted by molar-refractivity contribution is -0.130. The van der Waals surface area contributed by atoms with Gasteiger partial charge in [0.2, 0.25) is 0 Å². The summed E-state index contributed by atoms with van der Waals surface area (Å²) in [6.45, 7) is 6.93. The van der Waals surface area contributed by atoms with Crippen LogP contribution in [0.5, 0.6) is 0 Å². The van der Waals surface area contributed by atoms with Crippen LogP contribution in [0.4, 0.5) is 10.5 Å². The van der Waals surface area contributed by atoms with Crippen LogP contribution >= 0.6 is 11.9 Å². The second-order valence-corrected chi connectivity index (χ2v) is 8.63. The van der Waals surface area contributed by atoms with Gasteiger partial charge in [0, 0.05) is 38.4 Å². The highest BCUT2D eigenvalue weighted by molar-refractivity contribution is 8.02. The lowest BCUT2D eigenvalue weighted by atomic mass is 10.1. The van der Waals surface area contributed by atoms with Crippen LogP contribution in [0.1, 0.15) is 13.8 Å². The Hall–Kier alpha value is -2.52. The standard InChI is InChI=1S/C20H25N5O3S/c1-13(2)12-25-18(26)16-15(21-20(25)28)17(29-22-16)19(27)24-10-8-23(9-11-24)14-6-4-3-5-7-14/h3-7,13,16,22H,8-12H2,1-2H3,(H,21,28). The molecule has 2 saturated heterocycles. The highest BCUT2D eigenvalue weighted by atomic mass is 32.2. The minimum Gasteiger partial charge on any atom is -0.368 e. The number of carbonyl (C=O) groups is 3. The van der Waals surface area contributed by atoms with Crippen molar-refractivity contribution in [2.45, 2.75) is 19.9 Å². The fourth-order valence-electron chi connectivity index (χ4n) is 3.75. The van der Waals surface area contributed by atoms with Crippen LogP contribution in [0.25, 0.3) is 0 Å². The molecule has 3 aliphatic rings. The Bertz CT molecular complexity index is 849. The number of hydrogen-bond acceptors (Lipinski definition) is 6. The van der Waals surface area contributed by atoms with Gasteiger partial charge in [0.1, 0.15) is 10.9 Å². The molecule has 3 aliphatic heterocycles. The molecule has 0 bridgehead atoms. The molecule has 0 radical (unpaired) electrons. The van der Waals surface area contributed by atoms with Crippen molar-refractivity contribution in [3.05, 3.63) is 40.9 Å². The summed E-state index contributed by atoms with van der Waals surface area (Å²) in [6.07, 6.45) is 0. The first kappa shape index (κ1) is 19.8. The summed E-state index contributed by atoms with van der Waals surface area (Å²) in [5, 5.41) is 2.77. The number of nitrogens with zero attached hydrogens (tertiary/aromatic N) is 3. The second-order valence-electron chi connectivity index (χ2n) is 7.78. The summed E-state index contributed by atoms with van der Waals surface area (Å²) >= 11 is 1.14. The van der Waals surface area contributed by atoms with E-state index < -0.39 is 12.1 Å². The zero-order chi connectivity index (χ0) is 20.5. The van der Waals surface area contributed by atoms with Gasteiger partial charge in [0.15, 0.2) is 0 Å². The maximum Gasteiger partial charge on any atom is 0.328 e. The zero-order valence-corrected chi connectivity index (χ0v) is 17.4. The molecule has 1 aromatic carbocycles. The Morgan fingerprint density at radius 3 is 2.48 bits per heavy atom. The third-order valence-corrected chi connectivity index (χ3v) is 6.19. The lowest BCUT2D eigenvalue weighted by Crippen LogP contribution is -2.58. The maximum atomic E-state index is 13.1. The van der Waals surface area contributed by atoms with E-state index in [0.717, 1.165) is 30.7 Å². The van der Waals surface area contributed by atoms with E-state index >= 15 is 0 Å². The fraction of sp³-hybridized carbons (Fsp3) is 0.450.